The number of rotatable bonds is 4. The first kappa shape index (κ1) is 18.2. The number of anilines is 1. The van der Waals surface area contributed by atoms with Crippen LogP contribution in [0.15, 0.2) is 18.2 Å². The van der Waals surface area contributed by atoms with E-state index in [0.717, 1.165) is 31.2 Å². The predicted molar refractivity (Wildman–Crippen MR) is 96.4 cm³/mol. The van der Waals surface area contributed by atoms with Crippen molar-refractivity contribution in [2.75, 3.05) is 18.6 Å². The van der Waals surface area contributed by atoms with Crippen molar-refractivity contribution >= 4 is 23.4 Å². The fraction of sp³-hybridized carbons (Fsp3) is 0.526. The molecule has 2 N–H and O–H groups in total. The zero-order chi connectivity index (χ0) is 18.7. The summed E-state index contributed by atoms with van der Waals surface area (Å²) in [5.74, 6) is -0.530. The van der Waals surface area contributed by atoms with Gasteiger partial charge < -0.3 is 9.64 Å². The van der Waals surface area contributed by atoms with Crippen LogP contribution in [0.5, 0.6) is 5.75 Å². The van der Waals surface area contributed by atoms with Gasteiger partial charge in [0.1, 0.15) is 5.75 Å². The number of hydrogen-bond donors (Lipinski definition) is 2. The number of amides is 3. The second-order valence-corrected chi connectivity index (χ2v) is 7.04. The lowest BCUT2D eigenvalue weighted by Crippen LogP contribution is -2.47. The Bertz CT molecular complexity index is 713. The lowest BCUT2D eigenvalue weighted by atomic mass is 10.1. The van der Waals surface area contributed by atoms with Gasteiger partial charge in [-0.1, -0.05) is 18.9 Å². The van der Waals surface area contributed by atoms with Crippen LogP contribution in [0, 0.1) is 18.8 Å². The minimum Gasteiger partial charge on any atom is -0.495 e. The number of aryl methyl sites for hydroxylation is 1. The van der Waals surface area contributed by atoms with Crippen LogP contribution in [-0.2, 0) is 14.4 Å². The van der Waals surface area contributed by atoms with Crippen molar-refractivity contribution in [3.63, 3.8) is 0 Å². The molecular weight excluding hydrogens is 334 g/mol. The average Bonchev–Trinajstić information content (AvgIpc) is 3.29. The molecule has 1 aromatic rings. The molecule has 3 amide bonds. The molecule has 140 valence electrons. The Morgan fingerprint density at radius 3 is 2.42 bits per heavy atom. The molecule has 1 atom stereocenters. The molecule has 1 saturated carbocycles. The van der Waals surface area contributed by atoms with Crippen molar-refractivity contribution < 1.29 is 19.1 Å². The summed E-state index contributed by atoms with van der Waals surface area (Å²) in [7, 11) is 1.55. The SMILES string of the molecule is COc1ccc(C)cc1N1C[C@H](C(=O)NNC(=O)C2CCCC2)CC1=O. The summed E-state index contributed by atoms with van der Waals surface area (Å²) in [6.45, 7) is 2.20. The smallest absolute Gasteiger partial charge is 0.243 e. The summed E-state index contributed by atoms with van der Waals surface area (Å²) in [4.78, 5) is 38.4. The Morgan fingerprint density at radius 1 is 1.12 bits per heavy atom. The van der Waals surface area contributed by atoms with Crippen LogP contribution >= 0.6 is 0 Å². The van der Waals surface area contributed by atoms with Crippen molar-refractivity contribution in [2.24, 2.45) is 11.8 Å². The van der Waals surface area contributed by atoms with Crippen LogP contribution < -0.4 is 20.5 Å². The summed E-state index contributed by atoms with van der Waals surface area (Å²) >= 11 is 0. The molecule has 1 saturated heterocycles. The fourth-order valence-electron chi connectivity index (χ4n) is 3.64. The van der Waals surface area contributed by atoms with Crippen molar-refractivity contribution in [3.05, 3.63) is 23.8 Å². The number of methoxy groups -OCH3 is 1. The van der Waals surface area contributed by atoms with Gasteiger partial charge in [-0.05, 0) is 37.5 Å². The monoisotopic (exact) mass is 359 g/mol. The van der Waals surface area contributed by atoms with E-state index in [4.69, 9.17) is 4.74 Å². The van der Waals surface area contributed by atoms with Crippen molar-refractivity contribution in [1.29, 1.82) is 0 Å². The van der Waals surface area contributed by atoms with Crippen LogP contribution in [0.3, 0.4) is 0 Å². The third kappa shape index (κ3) is 3.81. The Kier molecular flexibility index (Phi) is 5.44. The molecule has 7 nitrogen and oxygen atoms in total. The molecule has 1 aliphatic heterocycles. The molecule has 0 unspecified atom stereocenters. The van der Waals surface area contributed by atoms with Gasteiger partial charge in [-0.25, -0.2) is 0 Å². The number of ether oxygens (including phenoxy) is 1. The predicted octanol–water partition coefficient (Wildman–Crippen LogP) is 1.69. The van der Waals surface area contributed by atoms with E-state index in [-0.39, 0.29) is 36.6 Å². The molecule has 0 bridgehead atoms. The molecule has 0 aromatic heterocycles. The van der Waals surface area contributed by atoms with E-state index in [2.05, 4.69) is 10.9 Å². The summed E-state index contributed by atoms with van der Waals surface area (Å²) in [5, 5.41) is 0. The maximum absolute atomic E-state index is 12.4. The second-order valence-electron chi connectivity index (χ2n) is 7.04. The standard InChI is InChI=1S/C19H25N3O4/c1-12-7-8-16(26-2)15(9-12)22-11-14(10-17(22)23)19(25)21-20-18(24)13-5-3-4-6-13/h7-9,13-14H,3-6,10-11H2,1-2H3,(H,20,24)(H,21,25)/t14-/m1/s1. The summed E-state index contributed by atoms with van der Waals surface area (Å²) < 4.78 is 5.34. The average molecular weight is 359 g/mol. The normalized spacial score (nSPS) is 20.3. The van der Waals surface area contributed by atoms with Gasteiger partial charge in [0.15, 0.2) is 0 Å². The number of carbonyl (C=O) groups is 3. The van der Waals surface area contributed by atoms with Gasteiger partial charge in [-0.15, -0.1) is 0 Å². The summed E-state index contributed by atoms with van der Waals surface area (Å²) in [6, 6.07) is 5.59. The van der Waals surface area contributed by atoms with E-state index < -0.39 is 5.92 Å². The van der Waals surface area contributed by atoms with E-state index in [1.54, 1.807) is 12.0 Å². The molecule has 2 aliphatic rings. The highest BCUT2D eigenvalue weighted by atomic mass is 16.5. The maximum atomic E-state index is 12.4. The van der Waals surface area contributed by atoms with Crippen LogP contribution in [-0.4, -0.2) is 31.4 Å². The van der Waals surface area contributed by atoms with Crippen molar-refractivity contribution in [3.8, 4) is 5.75 Å². The highest BCUT2D eigenvalue weighted by Crippen LogP contribution is 2.34. The highest BCUT2D eigenvalue weighted by Gasteiger charge is 2.36. The van der Waals surface area contributed by atoms with E-state index in [1.807, 2.05) is 25.1 Å². The van der Waals surface area contributed by atoms with E-state index >= 15 is 0 Å². The highest BCUT2D eigenvalue weighted by molar-refractivity contribution is 6.01. The van der Waals surface area contributed by atoms with Gasteiger partial charge in [0.25, 0.3) is 0 Å². The zero-order valence-corrected chi connectivity index (χ0v) is 15.2. The van der Waals surface area contributed by atoms with Gasteiger partial charge in [-0.2, -0.15) is 0 Å². The number of benzene rings is 1. The third-order valence-electron chi connectivity index (χ3n) is 5.16. The van der Waals surface area contributed by atoms with E-state index in [0.29, 0.717) is 11.4 Å². The summed E-state index contributed by atoms with van der Waals surface area (Å²) in [5.41, 5.74) is 6.67. The Balaban J connectivity index is 1.61. The van der Waals surface area contributed by atoms with E-state index in [9.17, 15) is 14.4 Å². The zero-order valence-electron chi connectivity index (χ0n) is 15.2. The molecule has 1 aromatic carbocycles. The fourth-order valence-corrected chi connectivity index (χ4v) is 3.64. The van der Waals surface area contributed by atoms with Gasteiger partial charge in [0.2, 0.25) is 17.7 Å². The first-order valence-corrected chi connectivity index (χ1v) is 9.04. The molecule has 3 rings (SSSR count). The third-order valence-corrected chi connectivity index (χ3v) is 5.16. The van der Waals surface area contributed by atoms with Gasteiger partial charge in [0, 0.05) is 18.9 Å². The molecular formula is C19H25N3O4. The molecule has 1 heterocycles. The number of hydrogen-bond acceptors (Lipinski definition) is 4. The van der Waals surface area contributed by atoms with Crippen molar-refractivity contribution in [2.45, 2.75) is 39.0 Å². The minimum absolute atomic E-state index is 0.0198. The number of nitrogens with one attached hydrogen (secondary N) is 2. The Morgan fingerprint density at radius 2 is 1.77 bits per heavy atom. The maximum Gasteiger partial charge on any atom is 0.243 e. The van der Waals surface area contributed by atoms with Gasteiger partial charge >= 0.3 is 0 Å². The lowest BCUT2D eigenvalue weighted by molar-refractivity contribution is -0.133. The quantitative estimate of drug-likeness (QED) is 0.801. The van der Waals surface area contributed by atoms with Gasteiger partial charge in [-0.3, -0.25) is 25.2 Å². The Hall–Kier alpha value is -2.57. The molecule has 0 spiro atoms. The minimum atomic E-state index is -0.503. The Labute approximate surface area is 153 Å². The second kappa shape index (κ2) is 7.76. The molecule has 7 heteroatoms. The summed E-state index contributed by atoms with van der Waals surface area (Å²) in [6.07, 6.45) is 3.95. The lowest BCUT2D eigenvalue weighted by Gasteiger charge is -2.20. The first-order chi connectivity index (χ1) is 12.5. The molecule has 2 fully saturated rings. The number of carbonyl (C=O) groups excluding carboxylic acids is 3. The largest absolute Gasteiger partial charge is 0.495 e. The topological polar surface area (TPSA) is 87.7 Å². The van der Waals surface area contributed by atoms with E-state index in [1.165, 1.54) is 0 Å². The van der Waals surface area contributed by atoms with Crippen LogP contribution in [0.1, 0.15) is 37.7 Å². The van der Waals surface area contributed by atoms with Crippen molar-refractivity contribution in [1.82, 2.24) is 10.9 Å². The van der Waals surface area contributed by atoms with Crippen LogP contribution in [0.4, 0.5) is 5.69 Å². The molecule has 0 radical (unpaired) electrons. The van der Waals surface area contributed by atoms with Crippen LogP contribution in [0.2, 0.25) is 0 Å². The molecule has 1 aliphatic carbocycles. The van der Waals surface area contributed by atoms with Gasteiger partial charge in [0.05, 0.1) is 18.7 Å². The molecule has 26 heavy (non-hydrogen) atoms. The first-order valence-electron chi connectivity index (χ1n) is 9.04. The number of hydrazine groups is 1. The van der Waals surface area contributed by atoms with Crippen LogP contribution in [0.25, 0.3) is 0 Å². The number of nitrogens with zero attached hydrogens (tertiary/aromatic N) is 1.